The van der Waals surface area contributed by atoms with E-state index in [0.29, 0.717) is 12.4 Å². The average molecular weight is 279 g/mol. The Morgan fingerprint density at radius 1 is 1.47 bits per heavy atom. The molecule has 102 valence electrons. The molecule has 5 nitrogen and oxygen atoms in total. The Kier molecular flexibility index (Phi) is 3.71. The molecule has 0 aliphatic heterocycles. The van der Waals surface area contributed by atoms with Gasteiger partial charge in [0.05, 0.1) is 11.3 Å². The van der Waals surface area contributed by atoms with Gasteiger partial charge in [-0.05, 0) is 24.8 Å². The molecule has 0 aromatic carbocycles. The molecule has 1 N–H and O–H groups in total. The number of rotatable bonds is 4. The standard InChI is InChI=1S/C13H17N3O2S/c1-7(13(17)18)5-16(4)11-10-8(2)6-19-12(10)15-9(3)14-11/h6-7H,5H2,1-4H3,(H,17,18). The maximum Gasteiger partial charge on any atom is 0.308 e. The summed E-state index contributed by atoms with van der Waals surface area (Å²) in [5.74, 6) is 0.290. The first kappa shape index (κ1) is 13.7. The number of hydrogen-bond acceptors (Lipinski definition) is 5. The number of fused-ring (bicyclic) bond motifs is 1. The first-order valence-electron chi connectivity index (χ1n) is 6.06. The van der Waals surface area contributed by atoms with E-state index >= 15 is 0 Å². The number of nitrogens with zero attached hydrogens (tertiary/aromatic N) is 3. The van der Waals surface area contributed by atoms with E-state index < -0.39 is 11.9 Å². The van der Waals surface area contributed by atoms with Gasteiger partial charge in [-0.3, -0.25) is 4.79 Å². The van der Waals surface area contributed by atoms with E-state index in [4.69, 9.17) is 5.11 Å². The van der Waals surface area contributed by atoms with Crippen molar-refractivity contribution in [3.8, 4) is 0 Å². The van der Waals surface area contributed by atoms with E-state index in [1.807, 2.05) is 25.8 Å². The highest BCUT2D eigenvalue weighted by Gasteiger charge is 2.18. The predicted octanol–water partition coefficient (Wildman–Crippen LogP) is 2.47. The molecular weight excluding hydrogens is 262 g/mol. The normalized spacial score (nSPS) is 12.6. The Labute approximate surface area is 115 Å². The van der Waals surface area contributed by atoms with E-state index in [1.54, 1.807) is 18.3 Å². The van der Waals surface area contributed by atoms with Crippen molar-refractivity contribution in [2.24, 2.45) is 5.92 Å². The minimum Gasteiger partial charge on any atom is -0.481 e. The molecule has 2 aromatic rings. The minimum absolute atomic E-state index is 0.427. The van der Waals surface area contributed by atoms with Crippen LogP contribution in [0.4, 0.5) is 5.82 Å². The van der Waals surface area contributed by atoms with Gasteiger partial charge in [-0.25, -0.2) is 9.97 Å². The molecule has 2 rings (SSSR count). The highest BCUT2D eigenvalue weighted by molar-refractivity contribution is 7.17. The van der Waals surface area contributed by atoms with Crippen molar-refractivity contribution in [3.63, 3.8) is 0 Å². The van der Waals surface area contributed by atoms with Crippen molar-refractivity contribution in [1.29, 1.82) is 0 Å². The zero-order valence-electron chi connectivity index (χ0n) is 11.5. The maximum absolute atomic E-state index is 11.0. The summed E-state index contributed by atoms with van der Waals surface area (Å²) in [6.45, 7) is 6.00. The zero-order chi connectivity index (χ0) is 14.2. The third-order valence-corrected chi connectivity index (χ3v) is 4.03. The molecular formula is C13H17N3O2S. The second-order valence-electron chi connectivity index (χ2n) is 4.81. The van der Waals surface area contributed by atoms with Crippen LogP contribution in [-0.2, 0) is 4.79 Å². The van der Waals surface area contributed by atoms with Gasteiger partial charge >= 0.3 is 5.97 Å². The van der Waals surface area contributed by atoms with Gasteiger partial charge in [-0.2, -0.15) is 0 Å². The Hall–Kier alpha value is -1.69. The SMILES string of the molecule is Cc1nc(N(C)CC(C)C(=O)O)c2c(C)csc2n1. The van der Waals surface area contributed by atoms with Crippen LogP contribution < -0.4 is 4.90 Å². The monoisotopic (exact) mass is 279 g/mol. The van der Waals surface area contributed by atoms with Gasteiger partial charge < -0.3 is 10.0 Å². The molecule has 1 unspecified atom stereocenters. The Balaban J connectivity index is 2.43. The van der Waals surface area contributed by atoms with Crippen LogP contribution in [0.1, 0.15) is 18.3 Å². The summed E-state index contributed by atoms with van der Waals surface area (Å²) in [6, 6.07) is 0. The number of thiophene rings is 1. The molecule has 0 saturated carbocycles. The first-order valence-corrected chi connectivity index (χ1v) is 6.94. The fraction of sp³-hybridized carbons (Fsp3) is 0.462. The molecule has 2 aromatic heterocycles. The molecule has 0 radical (unpaired) electrons. The smallest absolute Gasteiger partial charge is 0.308 e. The molecule has 19 heavy (non-hydrogen) atoms. The van der Waals surface area contributed by atoms with Crippen molar-refractivity contribution < 1.29 is 9.90 Å². The summed E-state index contributed by atoms with van der Waals surface area (Å²) in [5, 5.41) is 12.1. The van der Waals surface area contributed by atoms with Gasteiger partial charge in [0, 0.05) is 13.6 Å². The number of carbonyl (C=O) groups is 1. The zero-order valence-corrected chi connectivity index (χ0v) is 12.3. The van der Waals surface area contributed by atoms with E-state index in [1.165, 1.54) is 0 Å². The summed E-state index contributed by atoms with van der Waals surface area (Å²) in [5.41, 5.74) is 1.13. The number of anilines is 1. The molecule has 2 heterocycles. The first-order chi connectivity index (χ1) is 8.90. The van der Waals surface area contributed by atoms with Crippen LogP contribution in [0.15, 0.2) is 5.38 Å². The molecule has 0 spiro atoms. The molecule has 0 saturated heterocycles. The summed E-state index contributed by atoms with van der Waals surface area (Å²) in [6.07, 6.45) is 0. The highest BCUT2D eigenvalue weighted by Crippen LogP contribution is 2.31. The van der Waals surface area contributed by atoms with Crippen LogP contribution in [0.25, 0.3) is 10.2 Å². The third-order valence-electron chi connectivity index (χ3n) is 3.04. The van der Waals surface area contributed by atoms with Crippen molar-refractivity contribution >= 4 is 33.3 Å². The van der Waals surface area contributed by atoms with Crippen LogP contribution in [0.3, 0.4) is 0 Å². The lowest BCUT2D eigenvalue weighted by molar-refractivity contribution is -0.140. The fourth-order valence-electron chi connectivity index (χ4n) is 2.02. The molecule has 6 heteroatoms. The van der Waals surface area contributed by atoms with Crippen LogP contribution >= 0.6 is 11.3 Å². The summed E-state index contributed by atoms with van der Waals surface area (Å²) in [7, 11) is 1.87. The number of hydrogen-bond donors (Lipinski definition) is 1. The fourth-order valence-corrected chi connectivity index (χ4v) is 2.98. The van der Waals surface area contributed by atoms with Crippen molar-refractivity contribution in [2.45, 2.75) is 20.8 Å². The third kappa shape index (κ3) is 2.68. The molecule has 0 aliphatic rings. The van der Waals surface area contributed by atoms with Crippen LogP contribution in [-0.4, -0.2) is 34.6 Å². The summed E-state index contributed by atoms with van der Waals surface area (Å²) >= 11 is 1.59. The number of carboxylic acid groups (broad SMARTS) is 1. The van der Waals surface area contributed by atoms with Crippen molar-refractivity contribution in [1.82, 2.24) is 9.97 Å². The number of aryl methyl sites for hydroxylation is 2. The topological polar surface area (TPSA) is 66.3 Å². The van der Waals surface area contributed by atoms with Gasteiger partial charge in [-0.1, -0.05) is 6.92 Å². The van der Waals surface area contributed by atoms with Crippen LogP contribution in [0.2, 0.25) is 0 Å². The Morgan fingerprint density at radius 2 is 2.16 bits per heavy atom. The van der Waals surface area contributed by atoms with E-state index in [-0.39, 0.29) is 0 Å². The maximum atomic E-state index is 11.0. The summed E-state index contributed by atoms with van der Waals surface area (Å²) in [4.78, 5) is 22.7. The number of aliphatic carboxylic acids is 1. The largest absolute Gasteiger partial charge is 0.481 e. The molecule has 0 bridgehead atoms. The van der Waals surface area contributed by atoms with Gasteiger partial charge in [0.1, 0.15) is 16.5 Å². The van der Waals surface area contributed by atoms with Crippen molar-refractivity contribution in [3.05, 3.63) is 16.8 Å². The van der Waals surface area contributed by atoms with Gasteiger partial charge in [0.2, 0.25) is 0 Å². The second kappa shape index (κ2) is 5.13. The molecule has 0 aliphatic carbocycles. The molecule has 0 fully saturated rings. The van der Waals surface area contributed by atoms with E-state index in [0.717, 1.165) is 21.6 Å². The van der Waals surface area contributed by atoms with E-state index in [2.05, 4.69) is 15.3 Å². The Bertz CT molecular complexity index is 624. The quantitative estimate of drug-likeness (QED) is 0.931. The van der Waals surface area contributed by atoms with E-state index in [9.17, 15) is 4.79 Å². The van der Waals surface area contributed by atoms with Crippen LogP contribution in [0, 0.1) is 19.8 Å². The highest BCUT2D eigenvalue weighted by atomic mass is 32.1. The van der Waals surface area contributed by atoms with Crippen molar-refractivity contribution in [2.75, 3.05) is 18.5 Å². The Morgan fingerprint density at radius 3 is 2.79 bits per heavy atom. The summed E-state index contributed by atoms with van der Waals surface area (Å²) < 4.78 is 0. The number of aromatic nitrogens is 2. The second-order valence-corrected chi connectivity index (χ2v) is 5.67. The molecule has 0 amide bonds. The lowest BCUT2D eigenvalue weighted by atomic mass is 10.1. The molecule has 1 atom stereocenters. The average Bonchev–Trinajstić information content (AvgIpc) is 2.69. The lowest BCUT2D eigenvalue weighted by Crippen LogP contribution is -2.29. The van der Waals surface area contributed by atoms with Gasteiger partial charge in [0.25, 0.3) is 0 Å². The number of carboxylic acids is 1. The van der Waals surface area contributed by atoms with Gasteiger partial charge in [0.15, 0.2) is 0 Å². The predicted molar refractivity (Wildman–Crippen MR) is 77.0 cm³/mol. The lowest BCUT2D eigenvalue weighted by Gasteiger charge is -2.21. The van der Waals surface area contributed by atoms with Crippen LogP contribution in [0.5, 0.6) is 0 Å². The minimum atomic E-state index is -0.795. The van der Waals surface area contributed by atoms with Gasteiger partial charge in [-0.15, -0.1) is 11.3 Å².